The van der Waals surface area contributed by atoms with Crippen molar-refractivity contribution in [3.63, 3.8) is 0 Å². The summed E-state index contributed by atoms with van der Waals surface area (Å²) in [5.41, 5.74) is -2.98. The number of aryl methyl sites for hydroxylation is 1. The van der Waals surface area contributed by atoms with Crippen LogP contribution in [-0.4, -0.2) is 86.5 Å². The number of alkyl halides is 3. The van der Waals surface area contributed by atoms with E-state index in [-0.39, 0.29) is 59.8 Å². The number of aromatic nitrogens is 2. The third-order valence-electron chi connectivity index (χ3n) is 6.84. The largest absolute Gasteiger partial charge is 0.486 e. The molecule has 1 saturated carbocycles. The lowest BCUT2D eigenvalue weighted by Gasteiger charge is -2.35. The molecule has 0 radical (unpaired) electrons. The summed E-state index contributed by atoms with van der Waals surface area (Å²) in [5.74, 6) is -0.465. The van der Waals surface area contributed by atoms with Crippen molar-refractivity contribution in [2.75, 3.05) is 35.1 Å². The Bertz CT molecular complexity index is 1560. The number of sulfone groups is 1. The quantitative estimate of drug-likeness (QED) is 0.347. The predicted octanol–water partition coefficient (Wildman–Crippen LogP) is 3.09. The fourth-order valence-electron chi connectivity index (χ4n) is 4.18. The molecule has 2 heterocycles. The van der Waals surface area contributed by atoms with Gasteiger partial charge in [-0.1, -0.05) is 0 Å². The van der Waals surface area contributed by atoms with Gasteiger partial charge in [-0.15, -0.1) is 5.10 Å². The van der Waals surface area contributed by atoms with E-state index < -0.39 is 55.7 Å². The van der Waals surface area contributed by atoms with E-state index in [2.05, 4.69) is 15.2 Å². The SMILES string of the molecule is CCn1cc(S(=O)(=O)N2C[C@H](CCS(=O)(=O)C3CC3)Oc3ccc(NC(=O)OC(C)(C)C(F)(F)F)cc32)c(OCCO)n1. The van der Waals surface area contributed by atoms with E-state index >= 15 is 0 Å². The molecule has 1 aromatic carbocycles. The number of rotatable bonds is 12. The maximum atomic E-state index is 14.1. The molecular formula is C25H33F3N4O9S2. The minimum atomic E-state index is -4.85. The van der Waals surface area contributed by atoms with E-state index in [4.69, 9.17) is 9.47 Å². The summed E-state index contributed by atoms with van der Waals surface area (Å²) in [6, 6.07) is 3.77. The summed E-state index contributed by atoms with van der Waals surface area (Å²) >= 11 is 0. The van der Waals surface area contributed by atoms with Gasteiger partial charge < -0.3 is 19.3 Å². The van der Waals surface area contributed by atoms with Crippen LogP contribution in [0.5, 0.6) is 11.6 Å². The normalized spacial score (nSPS) is 17.7. The first-order valence-corrected chi connectivity index (χ1v) is 16.6. The van der Waals surface area contributed by atoms with E-state index in [1.165, 1.54) is 29.1 Å². The molecule has 1 atom stereocenters. The van der Waals surface area contributed by atoms with Crippen LogP contribution in [0.15, 0.2) is 29.3 Å². The molecule has 1 fully saturated rings. The summed E-state index contributed by atoms with van der Waals surface area (Å²) in [5, 5.41) is 15.1. The molecule has 13 nitrogen and oxygen atoms in total. The Morgan fingerprint density at radius 3 is 2.51 bits per heavy atom. The Labute approximate surface area is 246 Å². The van der Waals surface area contributed by atoms with Gasteiger partial charge in [0.2, 0.25) is 5.60 Å². The zero-order chi connectivity index (χ0) is 31.8. The molecule has 43 heavy (non-hydrogen) atoms. The van der Waals surface area contributed by atoms with Crippen LogP contribution in [0.4, 0.5) is 29.3 Å². The summed E-state index contributed by atoms with van der Waals surface area (Å²) in [4.78, 5) is 12.0. The predicted molar refractivity (Wildman–Crippen MR) is 148 cm³/mol. The van der Waals surface area contributed by atoms with Gasteiger partial charge in [0.15, 0.2) is 14.7 Å². The zero-order valence-electron chi connectivity index (χ0n) is 23.6. The van der Waals surface area contributed by atoms with E-state index in [9.17, 15) is 39.9 Å². The van der Waals surface area contributed by atoms with Gasteiger partial charge in [0.05, 0.1) is 29.8 Å². The number of aliphatic hydroxyl groups excluding tert-OH is 1. The highest BCUT2D eigenvalue weighted by Gasteiger charge is 2.51. The number of hydrogen-bond donors (Lipinski definition) is 2. The Morgan fingerprint density at radius 2 is 1.91 bits per heavy atom. The number of hydrogen-bond acceptors (Lipinski definition) is 10. The molecule has 4 rings (SSSR count). The van der Waals surface area contributed by atoms with E-state index in [1.807, 2.05) is 0 Å². The molecule has 2 aromatic rings. The number of halogens is 3. The van der Waals surface area contributed by atoms with Crippen molar-refractivity contribution >= 4 is 37.3 Å². The van der Waals surface area contributed by atoms with Crippen molar-refractivity contribution in [2.45, 2.75) is 74.6 Å². The fraction of sp³-hybridized carbons (Fsp3) is 0.600. The third kappa shape index (κ3) is 7.29. The molecule has 0 bridgehead atoms. The van der Waals surface area contributed by atoms with Crippen LogP contribution in [-0.2, 0) is 31.1 Å². The molecule has 0 spiro atoms. The van der Waals surface area contributed by atoms with E-state index in [0.29, 0.717) is 26.7 Å². The average molecular weight is 655 g/mol. The molecule has 1 aliphatic heterocycles. The number of carbonyl (C=O) groups is 1. The van der Waals surface area contributed by atoms with Crippen molar-refractivity contribution in [1.29, 1.82) is 0 Å². The second-order valence-electron chi connectivity index (χ2n) is 10.6. The van der Waals surface area contributed by atoms with Gasteiger partial charge in [0.1, 0.15) is 18.5 Å². The van der Waals surface area contributed by atoms with Crippen LogP contribution in [0.1, 0.15) is 40.0 Å². The van der Waals surface area contributed by atoms with Crippen molar-refractivity contribution in [2.24, 2.45) is 0 Å². The van der Waals surface area contributed by atoms with Crippen LogP contribution in [0.2, 0.25) is 0 Å². The number of nitrogens with one attached hydrogen (secondary N) is 1. The molecule has 1 aliphatic carbocycles. The average Bonchev–Trinajstić information content (AvgIpc) is 3.70. The highest BCUT2D eigenvalue weighted by molar-refractivity contribution is 7.93. The zero-order valence-corrected chi connectivity index (χ0v) is 25.3. The number of nitrogens with zero attached hydrogens (tertiary/aromatic N) is 3. The number of amides is 1. The first-order valence-electron chi connectivity index (χ1n) is 13.4. The molecule has 240 valence electrons. The molecule has 18 heteroatoms. The first-order chi connectivity index (χ1) is 20.0. The minimum Gasteiger partial charge on any atom is -0.486 e. The second kappa shape index (κ2) is 12.0. The van der Waals surface area contributed by atoms with Gasteiger partial charge in [-0.25, -0.2) is 21.6 Å². The molecular weight excluding hydrogens is 621 g/mol. The highest BCUT2D eigenvalue weighted by atomic mass is 32.2. The fourth-order valence-corrected chi connectivity index (χ4v) is 7.53. The lowest BCUT2D eigenvalue weighted by atomic mass is 10.1. The minimum absolute atomic E-state index is 0.00869. The van der Waals surface area contributed by atoms with Crippen LogP contribution >= 0.6 is 0 Å². The Balaban J connectivity index is 1.68. The molecule has 1 amide bonds. The number of anilines is 2. The number of fused-ring (bicyclic) bond motifs is 1. The maximum absolute atomic E-state index is 14.1. The molecule has 0 saturated heterocycles. The summed E-state index contributed by atoms with van der Waals surface area (Å²) in [6.07, 6.45) is -4.77. The molecule has 2 N–H and O–H groups in total. The van der Waals surface area contributed by atoms with Gasteiger partial charge in [-0.3, -0.25) is 14.3 Å². The van der Waals surface area contributed by atoms with Crippen LogP contribution < -0.4 is 19.1 Å². The Kier molecular flexibility index (Phi) is 9.14. The maximum Gasteiger partial charge on any atom is 0.427 e. The number of ether oxygens (including phenoxy) is 3. The smallest absolute Gasteiger partial charge is 0.427 e. The summed E-state index contributed by atoms with van der Waals surface area (Å²) in [7, 11) is -7.87. The van der Waals surface area contributed by atoms with Crippen molar-refractivity contribution < 1.29 is 54.1 Å². The Morgan fingerprint density at radius 1 is 1.21 bits per heavy atom. The number of carbonyl (C=O) groups excluding carboxylic acids is 1. The van der Waals surface area contributed by atoms with Crippen molar-refractivity contribution in [1.82, 2.24) is 9.78 Å². The van der Waals surface area contributed by atoms with Gasteiger partial charge >= 0.3 is 12.3 Å². The lowest BCUT2D eigenvalue weighted by Crippen LogP contribution is -2.45. The monoisotopic (exact) mass is 654 g/mol. The van der Waals surface area contributed by atoms with Crippen LogP contribution in [0, 0.1) is 0 Å². The van der Waals surface area contributed by atoms with Crippen LogP contribution in [0.25, 0.3) is 0 Å². The second-order valence-corrected chi connectivity index (χ2v) is 14.8. The first kappa shape index (κ1) is 32.7. The number of benzene rings is 1. The van der Waals surface area contributed by atoms with E-state index in [0.717, 1.165) is 4.31 Å². The van der Waals surface area contributed by atoms with Gasteiger partial charge in [0.25, 0.3) is 15.9 Å². The van der Waals surface area contributed by atoms with Crippen molar-refractivity contribution in [3.05, 3.63) is 24.4 Å². The van der Waals surface area contributed by atoms with E-state index in [1.54, 1.807) is 6.92 Å². The highest BCUT2D eigenvalue weighted by Crippen LogP contribution is 2.41. The number of aliphatic hydroxyl groups is 1. The van der Waals surface area contributed by atoms with Gasteiger partial charge in [-0.2, -0.15) is 13.2 Å². The topological polar surface area (TPSA) is 166 Å². The number of sulfonamides is 1. The van der Waals surface area contributed by atoms with Gasteiger partial charge in [-0.05, 0) is 58.2 Å². The lowest BCUT2D eigenvalue weighted by molar-refractivity contribution is -0.242. The Hall–Kier alpha value is -3.25. The third-order valence-corrected chi connectivity index (χ3v) is 10.9. The van der Waals surface area contributed by atoms with Crippen LogP contribution in [0.3, 0.4) is 0 Å². The summed E-state index contributed by atoms with van der Waals surface area (Å²) < 4.78 is 111. The van der Waals surface area contributed by atoms with Crippen molar-refractivity contribution in [3.8, 4) is 11.6 Å². The molecule has 2 aliphatic rings. The molecule has 0 unspecified atom stereocenters. The standard InChI is InChI=1S/C25H33F3N4O9S2/c1-4-31-15-21(22(30-31)39-11-10-33)43(37,38)32-14-17(9-12-42(35,36)18-6-7-18)40-20-8-5-16(13-19(20)32)29-23(34)41-24(2,3)25(26,27)28/h5,8,13,15,17-18,33H,4,6-7,9-12,14H2,1-3H3,(H,29,34)/t17-/m0/s1. The molecule has 1 aromatic heterocycles. The van der Waals surface area contributed by atoms with Gasteiger partial charge in [0, 0.05) is 18.4 Å². The summed E-state index contributed by atoms with van der Waals surface area (Å²) in [6.45, 7) is 2.38.